The molecule has 36 heavy (non-hydrogen) atoms. The molecule has 1 aliphatic rings. The average molecular weight is 474 g/mol. The summed E-state index contributed by atoms with van der Waals surface area (Å²) < 4.78 is 14.9. The van der Waals surface area contributed by atoms with Crippen LogP contribution in [0.3, 0.4) is 0 Å². The molecule has 0 radical (unpaired) electrons. The monoisotopic (exact) mass is 473 g/mol. The van der Waals surface area contributed by atoms with Gasteiger partial charge in [0.2, 0.25) is 5.95 Å². The number of hydrogen-bond acceptors (Lipinski definition) is 5. The van der Waals surface area contributed by atoms with E-state index in [2.05, 4.69) is 25.5 Å². The molecule has 8 heteroatoms. The van der Waals surface area contributed by atoms with E-state index in [4.69, 9.17) is 9.98 Å². The van der Waals surface area contributed by atoms with Crippen LogP contribution in [0.5, 0.6) is 0 Å². The van der Waals surface area contributed by atoms with Crippen LogP contribution in [0.1, 0.15) is 22.4 Å². The van der Waals surface area contributed by atoms with Gasteiger partial charge in [-0.3, -0.25) is 10.1 Å². The molecule has 3 aromatic carbocycles. The Morgan fingerprint density at radius 1 is 0.944 bits per heavy atom. The normalized spacial score (nSPS) is 12.8. The number of aliphatic imine (C=N–C) groups is 1. The predicted molar refractivity (Wildman–Crippen MR) is 139 cm³/mol. The molecular formula is C28H20FN7. The molecule has 7 nitrogen and oxygen atoms in total. The lowest BCUT2D eigenvalue weighted by Crippen LogP contribution is -2.06. The van der Waals surface area contributed by atoms with Crippen molar-refractivity contribution in [3.05, 3.63) is 101 Å². The Balaban J connectivity index is 1.38. The molecule has 7 rings (SSSR count). The second-order valence-electron chi connectivity index (χ2n) is 8.83. The summed E-state index contributed by atoms with van der Waals surface area (Å²) in [5.41, 5.74) is 7.99. The largest absolute Gasteiger partial charge is 0.353 e. The smallest absolute Gasteiger partial charge is 0.227 e. The highest BCUT2D eigenvalue weighted by atomic mass is 19.1. The van der Waals surface area contributed by atoms with Crippen LogP contribution in [0, 0.1) is 12.7 Å². The highest BCUT2D eigenvalue weighted by Gasteiger charge is 2.26. The van der Waals surface area contributed by atoms with Crippen molar-refractivity contribution in [3.63, 3.8) is 0 Å². The molecule has 0 spiro atoms. The molecule has 0 amide bonds. The molecule has 0 aliphatic carbocycles. The minimum atomic E-state index is -0.309. The standard InChI is InChI=1S/C28H20FN7/c1-15-18-11-10-17(12-23(18)36-35-15)32-28-31-14-16-13-30-26(19-6-2-4-8-21(19)29)24-20-7-3-5-9-22(20)33-27(24)25(16)34-28/h2-12,14,33H,13H2,1H3,(H,35,36)(H,31,32,34). The van der Waals surface area contributed by atoms with Crippen molar-refractivity contribution >= 4 is 39.2 Å². The number of aromatic amines is 2. The molecule has 0 atom stereocenters. The number of rotatable bonds is 3. The van der Waals surface area contributed by atoms with Gasteiger partial charge in [-0.05, 0) is 43.3 Å². The second kappa shape index (κ2) is 7.84. The fourth-order valence-electron chi connectivity index (χ4n) is 4.84. The second-order valence-corrected chi connectivity index (χ2v) is 8.83. The highest BCUT2D eigenvalue weighted by Crippen LogP contribution is 2.37. The summed E-state index contributed by atoms with van der Waals surface area (Å²) >= 11 is 0. The first-order chi connectivity index (χ1) is 17.7. The van der Waals surface area contributed by atoms with Gasteiger partial charge < -0.3 is 10.3 Å². The molecule has 6 aromatic rings. The number of nitrogens with one attached hydrogen (secondary N) is 3. The Bertz CT molecular complexity index is 1830. The van der Waals surface area contributed by atoms with Gasteiger partial charge in [-0.25, -0.2) is 14.4 Å². The molecule has 0 saturated heterocycles. The molecule has 4 heterocycles. The number of anilines is 2. The van der Waals surface area contributed by atoms with Gasteiger partial charge in [-0.1, -0.05) is 30.3 Å². The first kappa shape index (κ1) is 20.5. The van der Waals surface area contributed by atoms with Crippen molar-refractivity contribution in [2.75, 3.05) is 5.32 Å². The summed E-state index contributed by atoms with van der Waals surface area (Å²) in [6.45, 7) is 2.31. The third-order valence-electron chi connectivity index (χ3n) is 6.59. The lowest BCUT2D eigenvalue weighted by molar-refractivity contribution is 0.625. The fourth-order valence-corrected chi connectivity index (χ4v) is 4.84. The summed E-state index contributed by atoms with van der Waals surface area (Å²) in [4.78, 5) is 17.8. The predicted octanol–water partition coefficient (Wildman–Crippen LogP) is 6.04. The lowest BCUT2D eigenvalue weighted by atomic mass is 9.98. The zero-order chi connectivity index (χ0) is 24.2. The molecule has 3 aromatic heterocycles. The summed E-state index contributed by atoms with van der Waals surface area (Å²) in [6, 6.07) is 20.7. The van der Waals surface area contributed by atoms with Gasteiger partial charge in [0.05, 0.1) is 34.9 Å². The molecule has 3 N–H and O–H groups in total. The third kappa shape index (κ3) is 3.19. The van der Waals surface area contributed by atoms with Crippen LogP contribution in [0.15, 0.2) is 77.9 Å². The Hall–Kier alpha value is -4.85. The zero-order valence-corrected chi connectivity index (χ0v) is 19.3. The van der Waals surface area contributed by atoms with E-state index < -0.39 is 0 Å². The van der Waals surface area contributed by atoms with Crippen molar-refractivity contribution in [3.8, 4) is 11.4 Å². The van der Waals surface area contributed by atoms with Crippen LogP contribution in [-0.2, 0) is 6.54 Å². The SMILES string of the molecule is Cc1n[nH]c2cc(Nc3ncc4c(n3)-c3[nH]c5ccccc5c3C(c3ccccc3F)=NC4)ccc12. The minimum Gasteiger partial charge on any atom is -0.353 e. The Morgan fingerprint density at radius 3 is 2.72 bits per heavy atom. The number of benzene rings is 3. The van der Waals surface area contributed by atoms with Gasteiger partial charge in [-0.15, -0.1) is 0 Å². The number of aryl methyl sites for hydroxylation is 1. The highest BCUT2D eigenvalue weighted by molar-refractivity contribution is 6.23. The van der Waals surface area contributed by atoms with E-state index in [1.165, 1.54) is 6.07 Å². The first-order valence-electron chi connectivity index (χ1n) is 11.6. The Kier molecular flexibility index (Phi) is 4.47. The van der Waals surface area contributed by atoms with E-state index in [0.717, 1.165) is 55.7 Å². The van der Waals surface area contributed by atoms with Crippen LogP contribution in [0.4, 0.5) is 16.0 Å². The summed E-state index contributed by atoms with van der Waals surface area (Å²) in [7, 11) is 0. The van der Waals surface area contributed by atoms with Gasteiger partial charge in [0.15, 0.2) is 0 Å². The summed E-state index contributed by atoms with van der Waals surface area (Å²) in [5.74, 6) is 0.152. The number of aromatic nitrogens is 5. The summed E-state index contributed by atoms with van der Waals surface area (Å²) in [6.07, 6.45) is 1.78. The van der Waals surface area contributed by atoms with Crippen molar-refractivity contribution in [2.24, 2.45) is 4.99 Å². The van der Waals surface area contributed by atoms with Gasteiger partial charge in [0.25, 0.3) is 0 Å². The quantitative estimate of drug-likeness (QED) is 0.292. The molecular weight excluding hydrogens is 453 g/mol. The summed E-state index contributed by atoms with van der Waals surface area (Å²) in [5, 5.41) is 12.7. The van der Waals surface area contributed by atoms with Crippen LogP contribution in [0.2, 0.25) is 0 Å². The van der Waals surface area contributed by atoms with E-state index in [1.54, 1.807) is 18.3 Å². The third-order valence-corrected chi connectivity index (χ3v) is 6.59. The topological polar surface area (TPSA) is 94.6 Å². The van der Waals surface area contributed by atoms with Gasteiger partial charge in [0.1, 0.15) is 5.82 Å². The number of nitrogens with zero attached hydrogens (tertiary/aromatic N) is 4. The van der Waals surface area contributed by atoms with E-state index in [-0.39, 0.29) is 5.82 Å². The molecule has 1 aliphatic heterocycles. The molecule has 0 fully saturated rings. The van der Waals surface area contributed by atoms with Crippen molar-refractivity contribution < 1.29 is 4.39 Å². The number of fused-ring (bicyclic) bond motifs is 6. The van der Waals surface area contributed by atoms with Crippen molar-refractivity contribution in [1.29, 1.82) is 0 Å². The fraction of sp³-hybridized carbons (Fsp3) is 0.0714. The maximum absolute atomic E-state index is 14.9. The zero-order valence-electron chi connectivity index (χ0n) is 19.3. The van der Waals surface area contributed by atoms with Crippen LogP contribution < -0.4 is 5.32 Å². The number of halogens is 1. The van der Waals surface area contributed by atoms with Gasteiger partial charge >= 0.3 is 0 Å². The maximum Gasteiger partial charge on any atom is 0.227 e. The Labute approximate surface area is 205 Å². The van der Waals surface area contributed by atoms with E-state index in [1.807, 2.05) is 55.5 Å². The van der Waals surface area contributed by atoms with Crippen LogP contribution >= 0.6 is 0 Å². The molecule has 0 saturated carbocycles. The molecule has 174 valence electrons. The van der Waals surface area contributed by atoms with Crippen molar-refractivity contribution in [1.82, 2.24) is 25.1 Å². The minimum absolute atomic E-state index is 0.309. The van der Waals surface area contributed by atoms with E-state index >= 15 is 0 Å². The number of para-hydroxylation sites is 1. The average Bonchev–Trinajstić information content (AvgIpc) is 3.42. The first-order valence-corrected chi connectivity index (χ1v) is 11.6. The maximum atomic E-state index is 14.9. The van der Waals surface area contributed by atoms with Gasteiger partial charge in [0, 0.05) is 44.9 Å². The molecule has 0 bridgehead atoms. The number of hydrogen-bond donors (Lipinski definition) is 3. The Morgan fingerprint density at radius 2 is 1.81 bits per heavy atom. The van der Waals surface area contributed by atoms with Crippen LogP contribution in [0.25, 0.3) is 33.2 Å². The molecule has 0 unspecified atom stereocenters. The van der Waals surface area contributed by atoms with Crippen molar-refractivity contribution in [2.45, 2.75) is 13.5 Å². The van der Waals surface area contributed by atoms with Gasteiger partial charge in [-0.2, -0.15) is 5.10 Å². The lowest BCUT2D eigenvalue weighted by Gasteiger charge is -2.10. The van der Waals surface area contributed by atoms with Crippen LogP contribution in [-0.4, -0.2) is 30.9 Å². The van der Waals surface area contributed by atoms with E-state index in [9.17, 15) is 4.39 Å². The number of H-pyrrole nitrogens is 2. The van der Waals surface area contributed by atoms with E-state index in [0.29, 0.717) is 23.8 Å².